The largest absolute Gasteiger partial charge is 0.464 e. The molecule has 4 aromatic rings. The van der Waals surface area contributed by atoms with E-state index in [9.17, 15) is 9.59 Å². The van der Waals surface area contributed by atoms with Gasteiger partial charge in [0.25, 0.3) is 0 Å². The van der Waals surface area contributed by atoms with Crippen molar-refractivity contribution in [2.24, 2.45) is 0 Å². The Kier molecular flexibility index (Phi) is 7.38. The third-order valence-corrected chi connectivity index (χ3v) is 5.75. The number of benzene rings is 2. The van der Waals surface area contributed by atoms with Gasteiger partial charge in [0.05, 0.1) is 12.3 Å². The number of esters is 1. The van der Waals surface area contributed by atoms with E-state index in [-0.39, 0.29) is 11.8 Å². The van der Waals surface area contributed by atoms with Gasteiger partial charge in [0.1, 0.15) is 11.8 Å². The minimum atomic E-state index is -0.439. The molecule has 0 aliphatic heterocycles. The smallest absolute Gasteiger partial charge is 0.329 e. The summed E-state index contributed by atoms with van der Waals surface area (Å²) in [5.41, 5.74) is 3.32. The van der Waals surface area contributed by atoms with Gasteiger partial charge < -0.3 is 13.7 Å². The SMILES string of the molecule is CCOC(=O)C(Cc1ccc(C(=O)CCc2nc(-c3ccccc3)oc2C)cc1)n1cccc1. The van der Waals surface area contributed by atoms with E-state index in [1.807, 2.05) is 90.6 Å². The predicted molar refractivity (Wildman–Crippen MR) is 130 cm³/mol. The summed E-state index contributed by atoms with van der Waals surface area (Å²) in [6.07, 6.45) is 5.06. The lowest BCUT2D eigenvalue weighted by Gasteiger charge is -2.17. The number of rotatable bonds is 10. The Bertz CT molecular complexity index is 1230. The first-order valence-corrected chi connectivity index (χ1v) is 11.5. The standard InChI is InChI=1S/C28H28N2O4/c1-3-33-28(32)25(30-17-7-8-18-30)19-21-11-13-22(14-12-21)26(31)16-15-24-20(2)34-27(29-24)23-9-5-4-6-10-23/h4-14,17-18,25H,3,15-16,19H2,1-2H3. The molecule has 0 spiro atoms. The van der Waals surface area contributed by atoms with Gasteiger partial charge in [0.15, 0.2) is 5.78 Å². The second-order valence-electron chi connectivity index (χ2n) is 8.11. The Labute approximate surface area is 199 Å². The zero-order valence-corrected chi connectivity index (χ0v) is 19.4. The number of carbonyl (C=O) groups excluding carboxylic acids is 2. The van der Waals surface area contributed by atoms with E-state index in [1.54, 1.807) is 6.92 Å². The molecular formula is C28H28N2O4. The molecule has 34 heavy (non-hydrogen) atoms. The summed E-state index contributed by atoms with van der Waals surface area (Å²) in [4.78, 5) is 29.8. The molecule has 1 unspecified atom stereocenters. The van der Waals surface area contributed by atoms with Crippen molar-refractivity contribution in [2.45, 2.75) is 39.2 Å². The van der Waals surface area contributed by atoms with E-state index in [1.165, 1.54) is 0 Å². The molecule has 1 atom stereocenters. The topological polar surface area (TPSA) is 74.3 Å². The van der Waals surface area contributed by atoms with Gasteiger partial charge in [-0.1, -0.05) is 42.5 Å². The highest BCUT2D eigenvalue weighted by atomic mass is 16.5. The van der Waals surface area contributed by atoms with Crippen LogP contribution in [-0.2, 0) is 22.4 Å². The van der Waals surface area contributed by atoms with E-state index in [4.69, 9.17) is 9.15 Å². The number of hydrogen-bond donors (Lipinski definition) is 0. The highest BCUT2D eigenvalue weighted by molar-refractivity contribution is 5.96. The van der Waals surface area contributed by atoms with Crippen molar-refractivity contribution in [3.63, 3.8) is 0 Å². The van der Waals surface area contributed by atoms with Crippen LogP contribution in [0.5, 0.6) is 0 Å². The van der Waals surface area contributed by atoms with E-state index < -0.39 is 6.04 Å². The molecule has 6 heteroatoms. The summed E-state index contributed by atoms with van der Waals surface area (Å²) >= 11 is 0. The van der Waals surface area contributed by atoms with Crippen LogP contribution in [0.1, 0.15) is 46.8 Å². The Balaban J connectivity index is 1.39. The van der Waals surface area contributed by atoms with E-state index >= 15 is 0 Å². The summed E-state index contributed by atoms with van der Waals surface area (Å²) in [6.45, 7) is 4.01. The molecule has 0 aliphatic carbocycles. The summed E-state index contributed by atoms with van der Waals surface area (Å²) in [5, 5.41) is 0. The number of ketones is 1. The van der Waals surface area contributed by atoms with Gasteiger partial charge in [0, 0.05) is 42.8 Å². The van der Waals surface area contributed by atoms with Gasteiger partial charge in [-0.3, -0.25) is 4.79 Å². The summed E-state index contributed by atoms with van der Waals surface area (Å²) < 4.78 is 12.9. The summed E-state index contributed by atoms with van der Waals surface area (Å²) in [6, 6.07) is 20.5. The first kappa shape index (κ1) is 23.2. The van der Waals surface area contributed by atoms with Crippen molar-refractivity contribution >= 4 is 11.8 Å². The third-order valence-electron chi connectivity index (χ3n) is 5.75. The average molecular weight is 457 g/mol. The maximum Gasteiger partial charge on any atom is 0.329 e. The number of ether oxygens (including phenoxy) is 1. The van der Waals surface area contributed by atoms with Gasteiger partial charge in [-0.05, 0) is 43.7 Å². The van der Waals surface area contributed by atoms with Crippen molar-refractivity contribution in [3.05, 3.63) is 102 Å². The Hall–Kier alpha value is -3.93. The number of carbonyl (C=O) groups is 2. The quantitative estimate of drug-likeness (QED) is 0.229. The molecule has 0 fully saturated rings. The molecule has 6 nitrogen and oxygen atoms in total. The van der Waals surface area contributed by atoms with Crippen LogP contribution in [-0.4, -0.2) is 27.9 Å². The van der Waals surface area contributed by atoms with Crippen LogP contribution >= 0.6 is 0 Å². The number of hydrogen-bond acceptors (Lipinski definition) is 5. The molecule has 0 radical (unpaired) electrons. The lowest BCUT2D eigenvalue weighted by molar-refractivity contribution is -0.147. The number of aryl methyl sites for hydroxylation is 2. The van der Waals surface area contributed by atoms with Crippen molar-refractivity contribution in [3.8, 4) is 11.5 Å². The number of aromatic nitrogens is 2. The molecule has 0 saturated heterocycles. The predicted octanol–water partition coefficient (Wildman–Crippen LogP) is 5.61. The van der Waals surface area contributed by atoms with E-state index in [0.717, 1.165) is 22.6 Å². The van der Waals surface area contributed by atoms with Gasteiger partial charge in [0.2, 0.25) is 5.89 Å². The molecule has 0 N–H and O–H groups in total. The Morgan fingerprint density at radius 1 is 1.00 bits per heavy atom. The first-order chi connectivity index (χ1) is 16.5. The molecule has 0 bridgehead atoms. The third kappa shape index (κ3) is 5.52. The van der Waals surface area contributed by atoms with Gasteiger partial charge in [-0.2, -0.15) is 0 Å². The van der Waals surface area contributed by atoms with Crippen molar-refractivity contribution in [2.75, 3.05) is 6.61 Å². The Morgan fingerprint density at radius 3 is 2.38 bits per heavy atom. The van der Waals surface area contributed by atoms with Crippen LogP contribution in [0.4, 0.5) is 0 Å². The molecule has 174 valence electrons. The van der Waals surface area contributed by atoms with Crippen LogP contribution in [0.2, 0.25) is 0 Å². The lowest BCUT2D eigenvalue weighted by atomic mass is 10.0. The second-order valence-corrected chi connectivity index (χ2v) is 8.11. The fourth-order valence-corrected chi connectivity index (χ4v) is 3.89. The monoisotopic (exact) mass is 456 g/mol. The molecule has 0 saturated carbocycles. The van der Waals surface area contributed by atoms with Crippen molar-refractivity contribution < 1.29 is 18.7 Å². The van der Waals surface area contributed by atoms with Gasteiger partial charge >= 0.3 is 5.97 Å². The first-order valence-electron chi connectivity index (χ1n) is 11.5. The van der Waals surface area contributed by atoms with Crippen molar-refractivity contribution in [1.29, 1.82) is 0 Å². The molecule has 2 aromatic heterocycles. The maximum atomic E-state index is 12.8. The van der Waals surface area contributed by atoms with Gasteiger partial charge in [-0.25, -0.2) is 9.78 Å². The number of oxazole rings is 1. The van der Waals surface area contributed by atoms with Crippen LogP contribution in [0.3, 0.4) is 0 Å². The van der Waals surface area contributed by atoms with Crippen LogP contribution < -0.4 is 0 Å². The molecular weight excluding hydrogens is 428 g/mol. The average Bonchev–Trinajstić information content (AvgIpc) is 3.52. The molecule has 0 amide bonds. The fraction of sp³-hybridized carbons (Fsp3) is 0.250. The minimum absolute atomic E-state index is 0.0440. The maximum absolute atomic E-state index is 12.8. The van der Waals surface area contributed by atoms with Crippen molar-refractivity contribution in [1.82, 2.24) is 9.55 Å². The second kappa shape index (κ2) is 10.8. The molecule has 4 rings (SSSR count). The normalized spacial score (nSPS) is 11.8. The summed E-state index contributed by atoms with van der Waals surface area (Å²) in [7, 11) is 0. The van der Waals surface area contributed by atoms with Crippen LogP contribution in [0.15, 0.2) is 83.5 Å². The van der Waals surface area contributed by atoms with Crippen LogP contribution in [0, 0.1) is 6.92 Å². The Morgan fingerprint density at radius 2 is 1.71 bits per heavy atom. The highest BCUT2D eigenvalue weighted by Gasteiger charge is 2.21. The zero-order chi connectivity index (χ0) is 23.9. The molecule has 0 aliphatic rings. The summed E-state index contributed by atoms with van der Waals surface area (Å²) in [5.74, 6) is 1.08. The zero-order valence-electron chi connectivity index (χ0n) is 19.4. The number of Topliss-reactive ketones (excluding diaryl/α,β-unsaturated/α-hetero) is 1. The fourth-order valence-electron chi connectivity index (χ4n) is 3.89. The minimum Gasteiger partial charge on any atom is -0.464 e. The highest BCUT2D eigenvalue weighted by Crippen LogP contribution is 2.23. The van der Waals surface area contributed by atoms with Gasteiger partial charge in [-0.15, -0.1) is 0 Å². The van der Waals surface area contributed by atoms with Crippen LogP contribution in [0.25, 0.3) is 11.5 Å². The molecule has 2 aromatic carbocycles. The lowest BCUT2D eigenvalue weighted by Crippen LogP contribution is -2.23. The van der Waals surface area contributed by atoms with E-state index in [0.29, 0.717) is 37.3 Å². The number of nitrogens with zero attached hydrogens (tertiary/aromatic N) is 2. The van der Waals surface area contributed by atoms with E-state index in [2.05, 4.69) is 4.98 Å². The molecule has 2 heterocycles.